The molecule has 0 aromatic heterocycles. The Hall–Kier alpha value is -2.66. The van der Waals surface area contributed by atoms with Crippen molar-refractivity contribution in [2.75, 3.05) is 0 Å². The van der Waals surface area contributed by atoms with Crippen LogP contribution in [0.1, 0.15) is 202 Å². The van der Waals surface area contributed by atoms with Crippen LogP contribution in [0.25, 0.3) is 0 Å². The summed E-state index contributed by atoms with van der Waals surface area (Å²) in [7, 11) is 0. The van der Waals surface area contributed by atoms with Gasteiger partial charge < -0.3 is 62.5 Å². The van der Waals surface area contributed by atoms with Gasteiger partial charge in [-0.25, -0.2) is 0 Å². The van der Waals surface area contributed by atoms with Crippen LogP contribution in [0.3, 0.4) is 0 Å². The molecule has 0 heterocycles. The molecule has 0 spiro atoms. The summed E-state index contributed by atoms with van der Waals surface area (Å²) >= 11 is 0. The van der Waals surface area contributed by atoms with Crippen molar-refractivity contribution in [3.05, 3.63) is 0 Å². The Labute approximate surface area is 606 Å². The van der Waals surface area contributed by atoms with Gasteiger partial charge in [0.2, 0.25) is 0 Å². The van der Waals surface area contributed by atoms with Crippen LogP contribution in [0.2, 0.25) is 0 Å². The standard InChI is InChI=1S/6C10H16N2O2.3Ag.3Ni/c6*1-9(2)6-4-5-10(9,3)8(12-14)7(6)11-13;;;;;;/h6*6,13-14H,4-5H2,1-3H3;;;;;;. The van der Waals surface area contributed by atoms with E-state index in [-0.39, 0.29) is 217 Å². The number of nitrogens with zero attached hydrogens (tertiary/aromatic N) is 12. The van der Waals surface area contributed by atoms with Crippen LogP contribution in [0.5, 0.6) is 0 Å². The molecule has 0 aromatic carbocycles. The van der Waals surface area contributed by atoms with E-state index in [1.54, 1.807) is 0 Å². The first-order chi connectivity index (χ1) is 38.9. The minimum absolute atomic E-state index is 0. The SMILES string of the molecule is CC12CCC(C(=NO)C1=NO)C2(C)C.CC12CCC(C(=NO)C1=NO)C2(C)C.CC12CCC(C(=NO)C1=NO)C2(C)C.CC12CCC(C(=NO)C1=NO)C2(C)C.CC12CCC(C(=NO)C1=NO)C2(C)C.CC12CCC(C(=NO)C1=NO)C2(C)C.[Ag].[Ag].[Ag].[Ni].[Ni].[Ni]. The summed E-state index contributed by atoms with van der Waals surface area (Å²) in [5.41, 5.74) is 6.15. The van der Waals surface area contributed by atoms with Crippen molar-refractivity contribution >= 4 is 68.5 Å². The van der Waals surface area contributed by atoms with E-state index in [9.17, 15) is 0 Å². The third-order valence-corrected chi connectivity index (χ3v) is 27.2. The minimum Gasteiger partial charge on any atom is -0.411 e. The molecule has 12 bridgehead atoms. The number of hydrogen-bond donors (Lipinski definition) is 12. The van der Waals surface area contributed by atoms with E-state index in [4.69, 9.17) is 62.5 Å². The van der Waals surface area contributed by atoms with Gasteiger partial charge in [0.25, 0.3) is 0 Å². The van der Waals surface area contributed by atoms with Gasteiger partial charge in [0, 0.05) is 185 Å². The second-order valence-corrected chi connectivity index (χ2v) is 30.5. The molecule has 12 N–H and O–H groups in total. The maximum atomic E-state index is 8.98. The van der Waals surface area contributed by atoms with Crippen LogP contribution in [0.15, 0.2) is 61.9 Å². The Morgan fingerprint density at radius 2 is 0.311 bits per heavy atom. The zero-order valence-electron chi connectivity index (χ0n) is 54.5. The first-order valence-corrected chi connectivity index (χ1v) is 29.6. The van der Waals surface area contributed by atoms with E-state index in [0.29, 0.717) is 68.5 Å². The summed E-state index contributed by atoms with van der Waals surface area (Å²) in [4.78, 5) is 0. The van der Waals surface area contributed by atoms with E-state index >= 15 is 0 Å². The first-order valence-electron chi connectivity index (χ1n) is 29.6. The van der Waals surface area contributed by atoms with E-state index in [0.717, 1.165) is 77.0 Å². The molecule has 90 heavy (non-hydrogen) atoms. The largest absolute Gasteiger partial charge is 0.411 e. The summed E-state index contributed by atoms with van der Waals surface area (Å²) in [5, 5.41) is 147. The summed E-state index contributed by atoms with van der Waals surface area (Å²) in [6, 6.07) is 0. The Kier molecular flexibility index (Phi) is 27.5. The molecule has 12 aliphatic rings. The fourth-order valence-electron chi connectivity index (χ4n) is 18.8. The third-order valence-electron chi connectivity index (χ3n) is 27.2. The molecule has 12 atom stereocenters. The molecular formula is C60H96Ag3N12Ni3O12. The van der Waals surface area contributed by atoms with Crippen molar-refractivity contribution in [2.24, 2.45) is 162 Å². The molecule has 3 radical (unpaired) electrons. The van der Waals surface area contributed by atoms with Crippen LogP contribution in [0, 0.1) is 100 Å². The van der Waals surface area contributed by atoms with Gasteiger partial charge in [0.1, 0.15) is 68.5 Å². The predicted octanol–water partition coefficient (Wildman–Crippen LogP) is 12.6. The third kappa shape index (κ3) is 11.3. The maximum absolute atomic E-state index is 8.98. The van der Waals surface area contributed by atoms with Crippen molar-refractivity contribution in [1.82, 2.24) is 0 Å². The summed E-state index contributed by atoms with van der Waals surface area (Å²) < 4.78 is 0. The van der Waals surface area contributed by atoms with Crippen LogP contribution in [-0.4, -0.2) is 131 Å². The van der Waals surface area contributed by atoms with Gasteiger partial charge in [-0.2, -0.15) is 0 Å². The second-order valence-electron chi connectivity index (χ2n) is 30.5. The molecule has 531 valence electrons. The molecule has 12 aliphatic carbocycles. The average Bonchev–Trinajstić information content (AvgIpc) is 1.63. The van der Waals surface area contributed by atoms with E-state index in [1.807, 2.05) is 0 Å². The van der Waals surface area contributed by atoms with Gasteiger partial charge in [-0.15, -0.1) is 0 Å². The van der Waals surface area contributed by atoms with Crippen molar-refractivity contribution in [1.29, 1.82) is 0 Å². The summed E-state index contributed by atoms with van der Waals surface area (Å²) in [6.07, 6.45) is 12.1. The van der Waals surface area contributed by atoms with E-state index < -0.39 is 0 Å². The normalized spacial score (nSPS) is 42.2. The van der Waals surface area contributed by atoms with Gasteiger partial charge in [-0.1, -0.05) is 186 Å². The fourth-order valence-corrected chi connectivity index (χ4v) is 18.8. The quantitative estimate of drug-likeness (QED) is 0.0612. The van der Waals surface area contributed by atoms with Gasteiger partial charge in [-0.3, -0.25) is 0 Å². The molecule has 12 unspecified atom stereocenters. The summed E-state index contributed by atoms with van der Waals surface area (Å²) in [5.74, 6) is 1.35. The second kappa shape index (κ2) is 29.0. The van der Waals surface area contributed by atoms with Crippen molar-refractivity contribution < 1.29 is 179 Å². The first kappa shape index (κ1) is 85.4. The van der Waals surface area contributed by atoms with Crippen LogP contribution < -0.4 is 0 Å². The summed E-state index contributed by atoms with van der Waals surface area (Å²) in [6.45, 7) is 38.3. The average molecular weight is 1680 g/mol. The molecule has 12 saturated carbocycles. The Balaban J connectivity index is 0.000000533. The van der Waals surface area contributed by atoms with Gasteiger partial charge in [0.05, 0.1) is 0 Å². The molecule has 0 amide bonds. The minimum atomic E-state index is -0.145. The Morgan fingerprint density at radius 3 is 0.378 bits per heavy atom. The smallest absolute Gasteiger partial charge is 0.111 e. The molecule has 0 saturated heterocycles. The maximum Gasteiger partial charge on any atom is 0.111 e. The monoisotopic (exact) mass is 1670 g/mol. The number of fused-ring (bicyclic) bond motifs is 12. The Morgan fingerprint density at radius 1 is 0.211 bits per heavy atom. The van der Waals surface area contributed by atoms with Crippen molar-refractivity contribution in [3.8, 4) is 0 Å². The number of rotatable bonds is 0. The van der Waals surface area contributed by atoms with Crippen LogP contribution in [0.4, 0.5) is 0 Å². The fraction of sp³-hybridized carbons (Fsp3) is 0.800. The number of hydrogen-bond acceptors (Lipinski definition) is 24. The van der Waals surface area contributed by atoms with Crippen molar-refractivity contribution in [3.63, 3.8) is 0 Å². The van der Waals surface area contributed by atoms with Crippen LogP contribution in [-0.2, 0) is 117 Å². The van der Waals surface area contributed by atoms with E-state index in [1.165, 1.54) is 0 Å². The molecular weight excluding hydrogens is 1580 g/mol. The molecule has 30 heteroatoms. The molecule has 12 rings (SSSR count). The zero-order chi connectivity index (χ0) is 63.4. The molecule has 24 nitrogen and oxygen atoms in total. The molecule has 0 aromatic rings. The van der Waals surface area contributed by atoms with Crippen LogP contribution >= 0.6 is 0 Å². The zero-order valence-corrected chi connectivity index (χ0v) is 61.9. The molecule has 12 fully saturated rings. The van der Waals surface area contributed by atoms with Gasteiger partial charge >= 0.3 is 0 Å². The van der Waals surface area contributed by atoms with E-state index in [2.05, 4.69) is 186 Å². The van der Waals surface area contributed by atoms with Gasteiger partial charge in [0.15, 0.2) is 0 Å². The number of oxime groups is 12. The van der Waals surface area contributed by atoms with Crippen molar-refractivity contribution in [2.45, 2.75) is 202 Å². The predicted molar refractivity (Wildman–Crippen MR) is 318 cm³/mol. The van der Waals surface area contributed by atoms with Gasteiger partial charge in [-0.05, 0) is 110 Å². The molecule has 0 aliphatic heterocycles. The topological polar surface area (TPSA) is 391 Å². The Bertz CT molecular complexity index is 2550.